The van der Waals surface area contributed by atoms with Gasteiger partial charge < -0.3 is 5.73 Å². The van der Waals surface area contributed by atoms with Crippen molar-refractivity contribution < 1.29 is 13.0 Å². The molecule has 0 saturated carbocycles. The normalized spacial score (nSPS) is 10.6. The van der Waals surface area contributed by atoms with E-state index in [4.69, 9.17) is 21.9 Å². The molecule has 0 aliphatic heterocycles. The second-order valence-corrected chi connectivity index (χ2v) is 3.96. The first-order valence-electron chi connectivity index (χ1n) is 2.94. The topological polar surface area (TPSA) is 80.4 Å². The van der Waals surface area contributed by atoms with E-state index in [9.17, 15) is 8.42 Å². The van der Waals surface area contributed by atoms with Gasteiger partial charge in [0.15, 0.2) is 0 Å². The average Bonchev–Trinajstić information content (AvgIpc) is 1.92. The number of nitrogen functional groups attached to an aromatic ring is 1. The van der Waals surface area contributed by atoms with Gasteiger partial charge in [-0.3, -0.25) is 4.55 Å². The minimum absolute atomic E-state index is 0. The van der Waals surface area contributed by atoms with Gasteiger partial charge in [-0.25, -0.2) is 0 Å². The van der Waals surface area contributed by atoms with Crippen LogP contribution in [0.15, 0.2) is 23.1 Å². The van der Waals surface area contributed by atoms with Crippen molar-refractivity contribution in [2.24, 2.45) is 0 Å². The van der Waals surface area contributed by atoms with Gasteiger partial charge in [0.25, 0.3) is 10.1 Å². The molecule has 0 atom stereocenters. The summed E-state index contributed by atoms with van der Waals surface area (Å²) in [5.74, 6) is 0. The van der Waals surface area contributed by atoms with Crippen LogP contribution in [-0.4, -0.2) is 42.5 Å². The summed E-state index contributed by atoms with van der Waals surface area (Å²) in [7, 11) is -4.27. The number of anilines is 1. The van der Waals surface area contributed by atoms with Crippen molar-refractivity contribution in [3.8, 4) is 0 Å². The molecule has 0 radical (unpaired) electrons. The zero-order valence-electron chi connectivity index (χ0n) is 5.86. The van der Waals surface area contributed by atoms with Crippen molar-refractivity contribution >= 4 is 57.0 Å². The first kappa shape index (κ1) is 13.2. The van der Waals surface area contributed by atoms with Gasteiger partial charge in [0.2, 0.25) is 0 Å². The fourth-order valence-electron chi connectivity index (χ4n) is 0.718. The standard InChI is InChI=1S/C6H6ClNO3S.Na.H/c7-5-2-1-4(8)3-6(5)12(9,10)11;;/h1-3H,8H2,(H,9,10,11);;. The molecule has 13 heavy (non-hydrogen) atoms. The van der Waals surface area contributed by atoms with Crippen molar-refractivity contribution in [1.29, 1.82) is 0 Å². The van der Waals surface area contributed by atoms with E-state index in [1.807, 2.05) is 0 Å². The van der Waals surface area contributed by atoms with Crippen molar-refractivity contribution in [2.75, 3.05) is 5.73 Å². The van der Waals surface area contributed by atoms with E-state index in [2.05, 4.69) is 0 Å². The van der Waals surface area contributed by atoms with Gasteiger partial charge in [-0.05, 0) is 18.2 Å². The molecule has 0 heterocycles. The number of nitrogens with two attached hydrogens (primary N) is 1. The van der Waals surface area contributed by atoms with E-state index in [-0.39, 0.29) is 45.2 Å². The number of hydrogen-bond donors (Lipinski definition) is 2. The summed E-state index contributed by atoms with van der Waals surface area (Å²) in [6.45, 7) is 0. The van der Waals surface area contributed by atoms with Crippen molar-refractivity contribution in [1.82, 2.24) is 0 Å². The zero-order chi connectivity index (χ0) is 9.35. The molecule has 0 aliphatic carbocycles. The molecule has 1 aromatic carbocycles. The molecule has 68 valence electrons. The Hall–Kier alpha value is 0.220. The Morgan fingerprint density at radius 2 is 1.92 bits per heavy atom. The maximum absolute atomic E-state index is 10.6. The molecule has 1 aromatic rings. The third-order valence-electron chi connectivity index (χ3n) is 1.23. The molecule has 0 amide bonds. The molecule has 0 fully saturated rings. The summed E-state index contributed by atoms with van der Waals surface area (Å²) in [6, 6.07) is 3.84. The Balaban J connectivity index is 0.00000144. The molecule has 0 saturated heterocycles. The Labute approximate surface area is 103 Å². The molecule has 0 aliphatic rings. The van der Waals surface area contributed by atoms with Crippen LogP contribution in [0.5, 0.6) is 0 Å². The Morgan fingerprint density at radius 3 is 2.31 bits per heavy atom. The van der Waals surface area contributed by atoms with Gasteiger partial charge >= 0.3 is 29.6 Å². The Kier molecular flexibility index (Phi) is 4.71. The van der Waals surface area contributed by atoms with Crippen LogP contribution < -0.4 is 5.73 Å². The van der Waals surface area contributed by atoms with E-state index < -0.39 is 10.1 Å². The average molecular weight is 232 g/mol. The molecule has 1 rings (SSSR count). The molecular weight excluding hydrogens is 225 g/mol. The van der Waals surface area contributed by atoms with Gasteiger partial charge in [-0.15, -0.1) is 0 Å². The van der Waals surface area contributed by atoms with Crippen LogP contribution in [0.3, 0.4) is 0 Å². The quantitative estimate of drug-likeness (QED) is 0.420. The fraction of sp³-hybridized carbons (Fsp3) is 0. The van der Waals surface area contributed by atoms with Gasteiger partial charge in [-0.1, -0.05) is 11.6 Å². The Morgan fingerprint density at radius 1 is 1.38 bits per heavy atom. The van der Waals surface area contributed by atoms with Gasteiger partial charge in [0.05, 0.1) is 5.02 Å². The predicted molar refractivity (Wildman–Crippen MR) is 52.8 cm³/mol. The molecule has 0 aromatic heterocycles. The zero-order valence-corrected chi connectivity index (χ0v) is 7.43. The fourth-order valence-corrected chi connectivity index (χ4v) is 1.73. The number of benzene rings is 1. The summed E-state index contributed by atoms with van der Waals surface area (Å²) < 4.78 is 29.9. The number of halogens is 1. The van der Waals surface area contributed by atoms with Crippen LogP contribution >= 0.6 is 11.6 Å². The van der Waals surface area contributed by atoms with Crippen LogP contribution in [0.4, 0.5) is 5.69 Å². The van der Waals surface area contributed by atoms with E-state index in [1.54, 1.807) is 0 Å². The minimum atomic E-state index is -4.27. The third kappa shape index (κ3) is 3.46. The molecule has 3 N–H and O–H groups in total. The molecule has 4 nitrogen and oxygen atoms in total. The second-order valence-electron chi connectivity index (χ2n) is 2.16. The molecule has 0 bridgehead atoms. The van der Waals surface area contributed by atoms with E-state index in [0.29, 0.717) is 0 Å². The SMILES string of the molecule is Nc1ccc(Cl)c(S(=O)(=O)O)c1.[NaH]. The van der Waals surface area contributed by atoms with E-state index in [1.165, 1.54) is 12.1 Å². The van der Waals surface area contributed by atoms with Crippen LogP contribution in [0.25, 0.3) is 0 Å². The number of rotatable bonds is 1. The predicted octanol–water partition coefficient (Wildman–Crippen LogP) is 0.520. The third-order valence-corrected chi connectivity index (χ3v) is 2.57. The maximum atomic E-state index is 10.6. The number of hydrogen-bond acceptors (Lipinski definition) is 3. The van der Waals surface area contributed by atoms with Crippen molar-refractivity contribution in [3.05, 3.63) is 23.2 Å². The molecule has 0 spiro atoms. The summed E-state index contributed by atoms with van der Waals surface area (Å²) in [6.07, 6.45) is 0. The first-order chi connectivity index (χ1) is 5.41. The monoisotopic (exact) mass is 231 g/mol. The van der Waals surface area contributed by atoms with Gasteiger partial charge in [-0.2, -0.15) is 8.42 Å². The van der Waals surface area contributed by atoms with Crippen LogP contribution in [0.1, 0.15) is 0 Å². The van der Waals surface area contributed by atoms with Crippen LogP contribution in [-0.2, 0) is 10.1 Å². The summed E-state index contributed by atoms with van der Waals surface area (Å²) in [5.41, 5.74) is 5.52. The molecule has 0 unspecified atom stereocenters. The summed E-state index contributed by atoms with van der Waals surface area (Å²) in [4.78, 5) is -0.371. The second kappa shape index (κ2) is 4.63. The Bertz CT molecular complexity index is 406. The van der Waals surface area contributed by atoms with Crippen LogP contribution in [0, 0.1) is 0 Å². The summed E-state index contributed by atoms with van der Waals surface area (Å²) >= 11 is 5.49. The van der Waals surface area contributed by atoms with Crippen molar-refractivity contribution in [3.63, 3.8) is 0 Å². The molecular formula is C6H7ClNNaO3S. The van der Waals surface area contributed by atoms with Crippen LogP contribution in [0.2, 0.25) is 5.02 Å². The van der Waals surface area contributed by atoms with Crippen molar-refractivity contribution in [2.45, 2.75) is 4.90 Å². The van der Waals surface area contributed by atoms with E-state index in [0.717, 1.165) is 6.07 Å². The summed E-state index contributed by atoms with van der Waals surface area (Å²) in [5, 5.41) is -0.0494. The first-order valence-corrected chi connectivity index (χ1v) is 4.75. The van der Waals surface area contributed by atoms with E-state index >= 15 is 0 Å². The molecule has 7 heteroatoms. The van der Waals surface area contributed by atoms with Gasteiger partial charge in [0.1, 0.15) is 4.90 Å². The van der Waals surface area contributed by atoms with Gasteiger partial charge in [0, 0.05) is 5.69 Å².